The molecule has 0 bridgehead atoms. The Bertz CT molecular complexity index is 810. The lowest BCUT2D eigenvalue weighted by atomic mass is 10.2. The fourth-order valence-corrected chi connectivity index (χ4v) is 3.31. The van der Waals surface area contributed by atoms with Crippen molar-refractivity contribution in [3.05, 3.63) is 52.6 Å². The molecule has 0 saturated carbocycles. The molecule has 3 N–H and O–H groups in total. The van der Waals surface area contributed by atoms with Crippen molar-refractivity contribution in [3.8, 4) is 0 Å². The van der Waals surface area contributed by atoms with Crippen molar-refractivity contribution in [1.29, 1.82) is 0 Å². The van der Waals surface area contributed by atoms with Gasteiger partial charge in [-0.15, -0.1) is 0 Å². The topological polar surface area (TPSA) is 72.2 Å². The number of rotatable bonds is 3. The molecule has 0 spiro atoms. The predicted molar refractivity (Wildman–Crippen MR) is 77.8 cm³/mol. The molecule has 0 saturated heterocycles. The lowest BCUT2D eigenvalue weighted by Gasteiger charge is -2.12. The SMILES string of the molecule is Cc1c(F)cc(N)cc1S(=O)(=O)Nc1cc(F)ccc1Cl. The Morgan fingerprint density at radius 3 is 2.52 bits per heavy atom. The summed E-state index contributed by atoms with van der Waals surface area (Å²) in [5.41, 5.74) is 5.18. The van der Waals surface area contributed by atoms with Crippen molar-refractivity contribution >= 4 is 33.0 Å². The van der Waals surface area contributed by atoms with Crippen LogP contribution in [0.1, 0.15) is 5.56 Å². The molecule has 0 fully saturated rings. The van der Waals surface area contributed by atoms with Crippen LogP contribution in [0.15, 0.2) is 35.2 Å². The second kappa shape index (κ2) is 5.50. The van der Waals surface area contributed by atoms with E-state index in [4.69, 9.17) is 17.3 Å². The van der Waals surface area contributed by atoms with E-state index in [-0.39, 0.29) is 26.9 Å². The number of nitrogen functional groups attached to an aromatic ring is 1. The van der Waals surface area contributed by atoms with Crippen LogP contribution < -0.4 is 10.5 Å². The van der Waals surface area contributed by atoms with Crippen LogP contribution in [0.2, 0.25) is 5.02 Å². The Kier molecular flexibility index (Phi) is 4.06. The summed E-state index contributed by atoms with van der Waals surface area (Å²) in [7, 11) is -4.15. The van der Waals surface area contributed by atoms with Crippen molar-refractivity contribution < 1.29 is 17.2 Å². The van der Waals surface area contributed by atoms with Crippen LogP contribution in [0.4, 0.5) is 20.2 Å². The second-order valence-corrected chi connectivity index (χ2v) is 6.41. The first-order valence-electron chi connectivity index (χ1n) is 5.74. The van der Waals surface area contributed by atoms with E-state index in [0.29, 0.717) is 0 Å². The van der Waals surface area contributed by atoms with Crippen molar-refractivity contribution in [2.24, 2.45) is 0 Å². The summed E-state index contributed by atoms with van der Waals surface area (Å²) >= 11 is 5.80. The van der Waals surface area contributed by atoms with Gasteiger partial charge >= 0.3 is 0 Å². The average Bonchev–Trinajstić information content (AvgIpc) is 2.37. The van der Waals surface area contributed by atoms with E-state index in [9.17, 15) is 17.2 Å². The number of anilines is 2. The van der Waals surface area contributed by atoms with Gasteiger partial charge in [0.25, 0.3) is 10.0 Å². The number of nitrogens with one attached hydrogen (secondary N) is 1. The Morgan fingerprint density at radius 2 is 1.86 bits per heavy atom. The lowest BCUT2D eigenvalue weighted by molar-refractivity contribution is 0.591. The number of benzene rings is 2. The maximum atomic E-state index is 13.6. The van der Waals surface area contributed by atoms with Gasteiger partial charge in [-0.05, 0) is 37.3 Å². The number of hydrogen-bond donors (Lipinski definition) is 2. The normalized spacial score (nSPS) is 11.4. The van der Waals surface area contributed by atoms with Crippen LogP contribution >= 0.6 is 11.6 Å². The molecule has 0 atom stereocenters. The van der Waals surface area contributed by atoms with E-state index in [1.165, 1.54) is 13.0 Å². The van der Waals surface area contributed by atoms with Crippen molar-refractivity contribution in [3.63, 3.8) is 0 Å². The third kappa shape index (κ3) is 3.25. The molecule has 2 aromatic rings. The van der Waals surface area contributed by atoms with Crippen LogP contribution in [0.3, 0.4) is 0 Å². The minimum absolute atomic E-state index is 0.0157. The molecular formula is C13H11ClF2N2O2S. The van der Waals surface area contributed by atoms with Crippen molar-refractivity contribution in [1.82, 2.24) is 0 Å². The zero-order valence-electron chi connectivity index (χ0n) is 10.8. The number of halogens is 3. The first-order chi connectivity index (χ1) is 9.70. The Labute approximate surface area is 125 Å². The van der Waals surface area contributed by atoms with E-state index in [2.05, 4.69) is 4.72 Å². The molecule has 0 amide bonds. The summed E-state index contributed by atoms with van der Waals surface area (Å²) < 4.78 is 53.4. The van der Waals surface area contributed by atoms with Gasteiger partial charge in [0.1, 0.15) is 11.6 Å². The van der Waals surface area contributed by atoms with E-state index in [1.807, 2.05) is 0 Å². The molecule has 21 heavy (non-hydrogen) atoms. The van der Waals surface area contributed by atoms with E-state index < -0.39 is 21.7 Å². The zero-order valence-corrected chi connectivity index (χ0v) is 12.4. The maximum absolute atomic E-state index is 13.6. The molecule has 0 heterocycles. The number of hydrogen-bond acceptors (Lipinski definition) is 3. The van der Waals surface area contributed by atoms with E-state index in [1.54, 1.807) is 0 Å². The molecule has 2 aromatic carbocycles. The van der Waals surface area contributed by atoms with E-state index >= 15 is 0 Å². The number of sulfonamides is 1. The van der Waals surface area contributed by atoms with Crippen LogP contribution in [0.25, 0.3) is 0 Å². The Hall–Kier alpha value is -1.86. The largest absolute Gasteiger partial charge is 0.399 e. The molecule has 2 rings (SSSR count). The predicted octanol–water partition coefficient (Wildman–Crippen LogP) is 3.31. The van der Waals surface area contributed by atoms with Crippen LogP contribution in [-0.4, -0.2) is 8.42 Å². The van der Waals surface area contributed by atoms with Gasteiger partial charge in [-0.25, -0.2) is 17.2 Å². The highest BCUT2D eigenvalue weighted by Crippen LogP contribution is 2.28. The standard InChI is InChI=1S/C13H11ClF2N2O2S/c1-7-11(16)5-9(17)6-13(7)21(19,20)18-12-4-8(15)2-3-10(12)14/h2-6,18H,17H2,1H3. The molecule has 0 aliphatic heterocycles. The van der Waals surface area contributed by atoms with Gasteiger partial charge < -0.3 is 5.73 Å². The smallest absolute Gasteiger partial charge is 0.262 e. The summed E-state index contributed by atoms with van der Waals surface area (Å²) in [5.74, 6) is -1.41. The number of nitrogens with two attached hydrogens (primary N) is 1. The maximum Gasteiger partial charge on any atom is 0.262 e. The highest BCUT2D eigenvalue weighted by Gasteiger charge is 2.21. The summed E-state index contributed by atoms with van der Waals surface area (Å²) in [6.07, 6.45) is 0. The van der Waals surface area contributed by atoms with Gasteiger partial charge in [0.15, 0.2) is 0 Å². The quantitative estimate of drug-likeness (QED) is 0.847. The second-order valence-electron chi connectivity index (χ2n) is 4.36. The highest BCUT2D eigenvalue weighted by atomic mass is 35.5. The summed E-state index contributed by atoms with van der Waals surface area (Å²) in [6.45, 7) is 1.30. The first-order valence-corrected chi connectivity index (χ1v) is 7.60. The third-order valence-corrected chi connectivity index (χ3v) is 4.60. The molecular weight excluding hydrogens is 322 g/mol. The fraction of sp³-hybridized carbons (Fsp3) is 0.0769. The molecule has 112 valence electrons. The van der Waals surface area contributed by atoms with Gasteiger partial charge in [0.2, 0.25) is 0 Å². The highest BCUT2D eigenvalue weighted by molar-refractivity contribution is 7.92. The molecule has 0 aliphatic rings. The van der Waals surface area contributed by atoms with Crippen molar-refractivity contribution in [2.45, 2.75) is 11.8 Å². The Morgan fingerprint density at radius 1 is 1.19 bits per heavy atom. The third-order valence-electron chi connectivity index (χ3n) is 2.78. The molecule has 0 radical (unpaired) electrons. The minimum atomic E-state index is -4.15. The first kappa shape index (κ1) is 15.5. The Balaban J connectivity index is 2.51. The van der Waals surface area contributed by atoms with Crippen LogP contribution in [0, 0.1) is 18.6 Å². The molecule has 8 heteroatoms. The zero-order chi connectivity index (χ0) is 15.8. The molecule has 0 aromatic heterocycles. The molecule has 0 aliphatic carbocycles. The van der Waals surface area contributed by atoms with Crippen LogP contribution in [-0.2, 0) is 10.0 Å². The fourth-order valence-electron chi connectivity index (χ4n) is 1.73. The summed E-state index contributed by atoms with van der Waals surface area (Å²) in [5, 5.41) is 0.0157. The van der Waals surface area contributed by atoms with E-state index in [0.717, 1.165) is 24.3 Å². The van der Waals surface area contributed by atoms with Gasteiger partial charge in [0.05, 0.1) is 15.6 Å². The summed E-state index contributed by atoms with van der Waals surface area (Å²) in [4.78, 5) is -0.333. The molecule has 4 nitrogen and oxygen atoms in total. The van der Waals surface area contributed by atoms with Crippen molar-refractivity contribution in [2.75, 3.05) is 10.5 Å². The molecule has 0 unspecified atom stereocenters. The van der Waals surface area contributed by atoms with Gasteiger partial charge in [-0.3, -0.25) is 4.72 Å². The minimum Gasteiger partial charge on any atom is -0.399 e. The van der Waals surface area contributed by atoms with Crippen LogP contribution in [0.5, 0.6) is 0 Å². The van der Waals surface area contributed by atoms with Gasteiger partial charge in [0, 0.05) is 11.3 Å². The monoisotopic (exact) mass is 332 g/mol. The van der Waals surface area contributed by atoms with Gasteiger partial charge in [-0.2, -0.15) is 0 Å². The average molecular weight is 333 g/mol. The van der Waals surface area contributed by atoms with Gasteiger partial charge in [-0.1, -0.05) is 11.6 Å². The lowest BCUT2D eigenvalue weighted by Crippen LogP contribution is -2.16. The summed E-state index contributed by atoms with van der Waals surface area (Å²) in [6, 6.07) is 5.36.